The minimum atomic E-state index is -0.957. The number of aryl methyl sites for hydroxylation is 1. The van der Waals surface area contributed by atoms with Crippen LogP contribution in [0.2, 0.25) is 0 Å². The molecular weight excluding hydrogens is 350 g/mol. The summed E-state index contributed by atoms with van der Waals surface area (Å²) in [5.41, 5.74) is 1.82. The second-order valence-corrected chi connectivity index (χ2v) is 6.89. The van der Waals surface area contributed by atoms with E-state index in [4.69, 9.17) is 9.47 Å². The van der Waals surface area contributed by atoms with Crippen LogP contribution in [0.25, 0.3) is 0 Å². The number of hydrogen-bond donors (Lipinski definition) is 2. The van der Waals surface area contributed by atoms with E-state index in [9.17, 15) is 19.8 Å². The van der Waals surface area contributed by atoms with Crippen molar-refractivity contribution in [3.63, 3.8) is 0 Å². The number of amides is 1. The van der Waals surface area contributed by atoms with Crippen molar-refractivity contribution in [2.24, 2.45) is 5.92 Å². The minimum absolute atomic E-state index is 0.0840. The number of phenols is 1. The zero-order valence-electron chi connectivity index (χ0n) is 14.7. The van der Waals surface area contributed by atoms with Gasteiger partial charge in [-0.2, -0.15) is 0 Å². The van der Waals surface area contributed by atoms with Gasteiger partial charge in [-0.25, -0.2) is 0 Å². The van der Waals surface area contributed by atoms with Gasteiger partial charge in [0.05, 0.1) is 11.5 Å². The molecule has 2 aliphatic heterocycles. The molecule has 0 radical (unpaired) electrons. The number of phenolic OH excluding ortho intramolecular Hbond substituents is 1. The molecule has 2 N–H and O–H groups in total. The highest BCUT2D eigenvalue weighted by Gasteiger charge is 2.41. The molecule has 7 nitrogen and oxygen atoms in total. The number of carboxylic acids is 1. The maximum Gasteiger partial charge on any atom is 0.308 e. The minimum Gasteiger partial charge on any atom is -0.507 e. The molecule has 1 amide bonds. The van der Waals surface area contributed by atoms with Crippen LogP contribution in [-0.2, 0) is 4.79 Å². The SMILES string of the molecule is Cc1ccc(O)c(C(=O)N2C[C@H](C(=O)O)[C@@H](c3ccc4c(c3)OCO4)C2)c1. The van der Waals surface area contributed by atoms with E-state index in [0.717, 1.165) is 11.1 Å². The van der Waals surface area contributed by atoms with Gasteiger partial charge < -0.3 is 24.6 Å². The first-order chi connectivity index (χ1) is 12.9. The molecule has 140 valence electrons. The Labute approximate surface area is 155 Å². The number of carbonyl (C=O) groups is 2. The van der Waals surface area contributed by atoms with Gasteiger partial charge in [-0.15, -0.1) is 0 Å². The Morgan fingerprint density at radius 3 is 2.63 bits per heavy atom. The van der Waals surface area contributed by atoms with E-state index in [-0.39, 0.29) is 43.0 Å². The zero-order chi connectivity index (χ0) is 19.1. The molecule has 2 aromatic rings. The molecule has 0 aliphatic carbocycles. The smallest absolute Gasteiger partial charge is 0.308 e. The number of fused-ring (bicyclic) bond motifs is 1. The number of rotatable bonds is 3. The lowest BCUT2D eigenvalue weighted by Crippen LogP contribution is -2.30. The normalized spacial score (nSPS) is 20.7. The number of carboxylic acid groups (broad SMARTS) is 1. The summed E-state index contributed by atoms with van der Waals surface area (Å²) in [6.07, 6.45) is 0. The van der Waals surface area contributed by atoms with Gasteiger partial charge in [-0.3, -0.25) is 9.59 Å². The monoisotopic (exact) mass is 369 g/mol. The first-order valence-electron chi connectivity index (χ1n) is 8.65. The Kier molecular flexibility index (Phi) is 4.14. The van der Waals surface area contributed by atoms with Gasteiger partial charge in [0.2, 0.25) is 6.79 Å². The van der Waals surface area contributed by atoms with E-state index in [1.807, 2.05) is 13.0 Å². The highest BCUT2D eigenvalue weighted by molar-refractivity contribution is 5.97. The topological polar surface area (TPSA) is 96.3 Å². The molecule has 0 spiro atoms. The number of ether oxygens (including phenoxy) is 2. The lowest BCUT2D eigenvalue weighted by atomic mass is 9.89. The third-order valence-electron chi connectivity index (χ3n) is 5.13. The molecule has 27 heavy (non-hydrogen) atoms. The molecule has 4 rings (SSSR count). The number of aromatic hydroxyl groups is 1. The van der Waals surface area contributed by atoms with Crippen LogP contribution in [0.3, 0.4) is 0 Å². The summed E-state index contributed by atoms with van der Waals surface area (Å²) in [6, 6.07) is 10.1. The van der Waals surface area contributed by atoms with Crippen molar-refractivity contribution in [3.05, 3.63) is 53.1 Å². The quantitative estimate of drug-likeness (QED) is 0.862. The fourth-order valence-electron chi connectivity index (χ4n) is 3.69. The molecule has 1 saturated heterocycles. The first kappa shape index (κ1) is 17.2. The van der Waals surface area contributed by atoms with E-state index < -0.39 is 11.9 Å². The standard InChI is InChI=1S/C20H19NO6/c1-11-2-4-16(22)13(6-11)19(23)21-8-14(15(9-21)20(24)25)12-3-5-17-18(7-12)27-10-26-17/h2-7,14-15,22H,8-10H2,1H3,(H,24,25)/t14-,15+/m1/s1. The summed E-state index contributed by atoms with van der Waals surface area (Å²) in [5, 5.41) is 19.7. The van der Waals surface area contributed by atoms with Gasteiger partial charge >= 0.3 is 5.97 Å². The van der Waals surface area contributed by atoms with Gasteiger partial charge in [-0.05, 0) is 36.8 Å². The summed E-state index contributed by atoms with van der Waals surface area (Å²) >= 11 is 0. The van der Waals surface area contributed by atoms with Crippen LogP contribution in [-0.4, -0.2) is 46.9 Å². The van der Waals surface area contributed by atoms with E-state index in [1.54, 1.807) is 24.3 Å². The lowest BCUT2D eigenvalue weighted by molar-refractivity contribution is -0.141. The number of aliphatic carboxylic acids is 1. The van der Waals surface area contributed by atoms with Crippen LogP contribution in [0, 0.1) is 12.8 Å². The fourth-order valence-corrected chi connectivity index (χ4v) is 3.69. The summed E-state index contributed by atoms with van der Waals surface area (Å²) in [6.45, 7) is 2.31. The second-order valence-electron chi connectivity index (χ2n) is 6.89. The molecule has 0 bridgehead atoms. The van der Waals surface area contributed by atoms with Gasteiger partial charge in [-0.1, -0.05) is 17.7 Å². The van der Waals surface area contributed by atoms with Crippen LogP contribution in [0.1, 0.15) is 27.4 Å². The van der Waals surface area contributed by atoms with E-state index in [2.05, 4.69) is 0 Å². The number of carbonyl (C=O) groups excluding carboxylic acids is 1. The fraction of sp³-hybridized carbons (Fsp3) is 0.300. The predicted molar refractivity (Wildman–Crippen MR) is 95.2 cm³/mol. The largest absolute Gasteiger partial charge is 0.507 e. The Balaban J connectivity index is 1.63. The molecule has 0 saturated carbocycles. The van der Waals surface area contributed by atoms with Crippen molar-refractivity contribution in [2.45, 2.75) is 12.8 Å². The zero-order valence-corrected chi connectivity index (χ0v) is 14.7. The lowest BCUT2D eigenvalue weighted by Gasteiger charge is -2.17. The van der Waals surface area contributed by atoms with E-state index in [0.29, 0.717) is 11.5 Å². The summed E-state index contributed by atoms with van der Waals surface area (Å²) in [7, 11) is 0. The molecule has 7 heteroatoms. The van der Waals surface area contributed by atoms with Gasteiger partial charge in [0.15, 0.2) is 11.5 Å². The molecule has 2 atom stereocenters. The van der Waals surface area contributed by atoms with E-state index in [1.165, 1.54) is 11.0 Å². The van der Waals surface area contributed by atoms with Gasteiger partial charge in [0.25, 0.3) is 5.91 Å². The summed E-state index contributed by atoms with van der Waals surface area (Å²) in [4.78, 5) is 26.2. The molecule has 2 aliphatic rings. The second kappa shape index (κ2) is 6.50. The van der Waals surface area contributed by atoms with Crippen LogP contribution in [0.5, 0.6) is 17.2 Å². The molecular formula is C20H19NO6. The Bertz CT molecular complexity index is 925. The number of hydrogen-bond acceptors (Lipinski definition) is 5. The average Bonchev–Trinajstić information content (AvgIpc) is 3.29. The Hall–Kier alpha value is -3.22. The van der Waals surface area contributed by atoms with Crippen molar-refractivity contribution in [2.75, 3.05) is 19.9 Å². The molecule has 0 unspecified atom stereocenters. The highest BCUT2D eigenvalue weighted by atomic mass is 16.7. The van der Waals surface area contributed by atoms with Gasteiger partial charge in [0.1, 0.15) is 5.75 Å². The Morgan fingerprint density at radius 2 is 1.85 bits per heavy atom. The first-order valence-corrected chi connectivity index (χ1v) is 8.65. The maximum atomic E-state index is 12.9. The van der Waals surface area contributed by atoms with Gasteiger partial charge in [0, 0.05) is 19.0 Å². The molecule has 1 fully saturated rings. The number of benzene rings is 2. The van der Waals surface area contributed by atoms with E-state index >= 15 is 0 Å². The van der Waals surface area contributed by atoms with Crippen molar-refractivity contribution < 1.29 is 29.3 Å². The van der Waals surface area contributed by atoms with Crippen LogP contribution >= 0.6 is 0 Å². The third-order valence-corrected chi connectivity index (χ3v) is 5.13. The Morgan fingerprint density at radius 1 is 1.07 bits per heavy atom. The number of likely N-dealkylation sites (tertiary alicyclic amines) is 1. The van der Waals surface area contributed by atoms with Crippen molar-refractivity contribution in [1.29, 1.82) is 0 Å². The molecule has 0 aromatic heterocycles. The third kappa shape index (κ3) is 3.05. The van der Waals surface area contributed by atoms with Crippen molar-refractivity contribution in [1.82, 2.24) is 4.90 Å². The average molecular weight is 369 g/mol. The highest BCUT2D eigenvalue weighted by Crippen LogP contribution is 2.40. The van der Waals surface area contributed by atoms with Crippen LogP contribution in [0.4, 0.5) is 0 Å². The van der Waals surface area contributed by atoms with Crippen LogP contribution < -0.4 is 9.47 Å². The predicted octanol–water partition coefficient (Wildman–Crippen LogP) is 2.37. The number of nitrogens with zero attached hydrogens (tertiary/aromatic N) is 1. The molecule has 2 aromatic carbocycles. The summed E-state index contributed by atoms with van der Waals surface area (Å²) < 4.78 is 10.7. The van der Waals surface area contributed by atoms with Crippen LogP contribution in [0.15, 0.2) is 36.4 Å². The maximum absolute atomic E-state index is 12.9. The van der Waals surface area contributed by atoms with Crippen molar-refractivity contribution >= 4 is 11.9 Å². The summed E-state index contributed by atoms with van der Waals surface area (Å²) in [5.74, 6) is -1.33. The van der Waals surface area contributed by atoms with Crippen molar-refractivity contribution in [3.8, 4) is 17.2 Å². The molecule has 2 heterocycles.